The maximum absolute atomic E-state index is 12.0. The first-order chi connectivity index (χ1) is 10.6. The van der Waals surface area contributed by atoms with Crippen LogP contribution < -0.4 is 15.8 Å². The molecule has 1 rings (SSSR count). The van der Waals surface area contributed by atoms with Crippen LogP contribution in [0.5, 0.6) is 5.75 Å². The highest BCUT2D eigenvalue weighted by Crippen LogP contribution is 2.23. The highest BCUT2D eigenvalue weighted by Gasteiger charge is 2.20. The topological polar surface area (TPSA) is 67.6 Å². The predicted octanol–water partition coefficient (Wildman–Crippen LogP) is 1.79. The van der Waals surface area contributed by atoms with E-state index < -0.39 is 0 Å². The van der Waals surface area contributed by atoms with Crippen LogP contribution in [0.3, 0.4) is 0 Å². The van der Waals surface area contributed by atoms with Gasteiger partial charge in [0.05, 0.1) is 13.2 Å². The molecule has 0 aliphatic rings. The Balaban J connectivity index is 2.90. The van der Waals surface area contributed by atoms with Crippen molar-refractivity contribution in [2.75, 3.05) is 33.3 Å². The van der Waals surface area contributed by atoms with Crippen LogP contribution in [0.15, 0.2) is 24.3 Å². The number of hydrogen-bond acceptors (Lipinski definition) is 4. The molecule has 1 aromatic carbocycles. The van der Waals surface area contributed by atoms with Crippen molar-refractivity contribution in [3.05, 3.63) is 29.8 Å². The van der Waals surface area contributed by atoms with Crippen LogP contribution in [0.4, 0.5) is 0 Å². The summed E-state index contributed by atoms with van der Waals surface area (Å²) in [7, 11) is 1.66. The number of nitrogens with one attached hydrogen (secondary N) is 1. The number of rotatable bonds is 9. The zero-order valence-corrected chi connectivity index (χ0v) is 14.1. The molecule has 5 heteroatoms. The van der Waals surface area contributed by atoms with Gasteiger partial charge in [-0.25, -0.2) is 0 Å². The lowest BCUT2D eigenvalue weighted by Gasteiger charge is -2.30. The zero-order valence-electron chi connectivity index (χ0n) is 14.1. The van der Waals surface area contributed by atoms with Gasteiger partial charge in [0.2, 0.25) is 5.91 Å². The second-order valence-electron chi connectivity index (χ2n) is 5.40. The number of methoxy groups -OCH3 is 1. The molecule has 2 unspecified atom stereocenters. The molecule has 124 valence electrons. The summed E-state index contributed by atoms with van der Waals surface area (Å²) in [6.07, 6.45) is 0. The summed E-state index contributed by atoms with van der Waals surface area (Å²) in [5, 5.41) is 3.02. The van der Waals surface area contributed by atoms with E-state index >= 15 is 0 Å². The molecule has 0 bridgehead atoms. The van der Waals surface area contributed by atoms with Crippen molar-refractivity contribution in [2.24, 2.45) is 11.7 Å². The van der Waals surface area contributed by atoms with E-state index in [2.05, 4.69) is 30.1 Å². The Bertz CT molecular complexity index is 461. The second-order valence-corrected chi connectivity index (χ2v) is 5.40. The fraction of sp³-hybridized carbons (Fsp3) is 0.588. The number of hydrogen-bond donors (Lipinski definition) is 2. The molecule has 2 atom stereocenters. The molecular formula is C17H29N3O2. The number of benzene rings is 1. The minimum absolute atomic E-state index is 0.00236. The van der Waals surface area contributed by atoms with Crippen molar-refractivity contribution >= 4 is 5.91 Å². The van der Waals surface area contributed by atoms with E-state index in [4.69, 9.17) is 10.5 Å². The van der Waals surface area contributed by atoms with Crippen LogP contribution >= 0.6 is 0 Å². The van der Waals surface area contributed by atoms with Gasteiger partial charge >= 0.3 is 0 Å². The molecule has 1 aromatic rings. The number of likely N-dealkylation sites (N-methyl/N-ethyl adjacent to an activating group) is 1. The first-order valence-corrected chi connectivity index (χ1v) is 7.93. The van der Waals surface area contributed by atoms with Crippen LogP contribution in [-0.2, 0) is 4.79 Å². The Hall–Kier alpha value is -1.59. The second kappa shape index (κ2) is 9.43. The highest BCUT2D eigenvalue weighted by molar-refractivity contribution is 5.78. The average molecular weight is 307 g/mol. The van der Waals surface area contributed by atoms with Crippen molar-refractivity contribution in [3.8, 4) is 5.75 Å². The molecule has 3 N–H and O–H groups in total. The number of amides is 1. The largest absolute Gasteiger partial charge is 0.497 e. The molecule has 0 spiro atoms. The summed E-state index contributed by atoms with van der Waals surface area (Å²) in [5.74, 6) is 0.668. The average Bonchev–Trinajstić information content (AvgIpc) is 2.57. The number of nitrogens with zero attached hydrogens (tertiary/aromatic N) is 1. The first kappa shape index (κ1) is 18.5. The van der Waals surface area contributed by atoms with Gasteiger partial charge in [0.25, 0.3) is 0 Å². The van der Waals surface area contributed by atoms with E-state index in [1.165, 1.54) is 0 Å². The van der Waals surface area contributed by atoms with Crippen molar-refractivity contribution in [1.29, 1.82) is 0 Å². The molecule has 0 saturated carbocycles. The Kier molecular flexibility index (Phi) is 7.91. The summed E-state index contributed by atoms with van der Waals surface area (Å²) in [6.45, 7) is 8.86. The Labute approximate surface area is 133 Å². The standard InChI is InChI=1S/C17H29N3O2/c1-5-20(6-2)16(12-19-17(21)13(3)11-18)14-8-7-9-15(10-14)22-4/h7-10,13,16H,5-6,11-12,18H2,1-4H3,(H,19,21). The monoisotopic (exact) mass is 307 g/mol. The minimum atomic E-state index is -0.164. The maximum atomic E-state index is 12.0. The first-order valence-electron chi connectivity index (χ1n) is 7.93. The molecule has 0 heterocycles. The Morgan fingerprint density at radius 2 is 2.05 bits per heavy atom. The van der Waals surface area contributed by atoms with Crippen molar-refractivity contribution in [1.82, 2.24) is 10.2 Å². The van der Waals surface area contributed by atoms with E-state index in [1.807, 2.05) is 25.1 Å². The number of ether oxygens (including phenoxy) is 1. The van der Waals surface area contributed by atoms with E-state index in [0.29, 0.717) is 13.1 Å². The van der Waals surface area contributed by atoms with Crippen LogP contribution in [0.2, 0.25) is 0 Å². The smallest absolute Gasteiger partial charge is 0.224 e. The highest BCUT2D eigenvalue weighted by atomic mass is 16.5. The summed E-state index contributed by atoms with van der Waals surface area (Å²) in [6, 6.07) is 8.14. The van der Waals surface area contributed by atoms with Crippen LogP contribution in [0, 0.1) is 5.92 Å². The lowest BCUT2D eigenvalue weighted by molar-refractivity contribution is -0.124. The fourth-order valence-electron chi connectivity index (χ4n) is 2.45. The molecule has 0 radical (unpaired) electrons. The van der Waals surface area contributed by atoms with Gasteiger partial charge in [-0.05, 0) is 30.8 Å². The SMILES string of the molecule is CCN(CC)C(CNC(=O)C(C)CN)c1cccc(OC)c1. The van der Waals surface area contributed by atoms with Gasteiger partial charge in [0, 0.05) is 19.0 Å². The lowest BCUT2D eigenvalue weighted by Crippen LogP contribution is -2.41. The van der Waals surface area contributed by atoms with Gasteiger partial charge < -0.3 is 15.8 Å². The van der Waals surface area contributed by atoms with E-state index in [1.54, 1.807) is 7.11 Å². The quantitative estimate of drug-likeness (QED) is 0.730. The van der Waals surface area contributed by atoms with Crippen molar-refractivity contribution in [3.63, 3.8) is 0 Å². The third-order valence-electron chi connectivity index (χ3n) is 4.00. The van der Waals surface area contributed by atoms with Crippen LogP contribution in [0.1, 0.15) is 32.4 Å². The van der Waals surface area contributed by atoms with Gasteiger partial charge in [-0.2, -0.15) is 0 Å². The van der Waals surface area contributed by atoms with Crippen molar-refractivity contribution < 1.29 is 9.53 Å². The van der Waals surface area contributed by atoms with Crippen LogP contribution in [0.25, 0.3) is 0 Å². The molecule has 1 amide bonds. The van der Waals surface area contributed by atoms with Gasteiger partial charge in [-0.15, -0.1) is 0 Å². The number of nitrogens with two attached hydrogens (primary N) is 1. The number of carbonyl (C=O) groups excluding carboxylic acids is 1. The number of carbonyl (C=O) groups is 1. The third-order valence-corrected chi connectivity index (χ3v) is 4.00. The lowest BCUT2D eigenvalue weighted by atomic mass is 10.0. The van der Waals surface area contributed by atoms with E-state index in [9.17, 15) is 4.79 Å². The van der Waals surface area contributed by atoms with E-state index in [-0.39, 0.29) is 17.9 Å². The molecule has 0 aliphatic heterocycles. The van der Waals surface area contributed by atoms with Crippen molar-refractivity contribution in [2.45, 2.75) is 26.8 Å². The molecule has 0 saturated heterocycles. The van der Waals surface area contributed by atoms with Gasteiger partial charge in [-0.1, -0.05) is 32.9 Å². The van der Waals surface area contributed by atoms with Gasteiger partial charge in [0.1, 0.15) is 5.75 Å². The van der Waals surface area contributed by atoms with Crippen LogP contribution in [-0.4, -0.2) is 44.1 Å². The van der Waals surface area contributed by atoms with E-state index in [0.717, 1.165) is 24.4 Å². The third kappa shape index (κ3) is 5.00. The molecule has 0 aliphatic carbocycles. The zero-order chi connectivity index (χ0) is 16.5. The molecule has 0 fully saturated rings. The Morgan fingerprint density at radius 1 is 1.36 bits per heavy atom. The maximum Gasteiger partial charge on any atom is 0.224 e. The minimum Gasteiger partial charge on any atom is -0.497 e. The molecule has 22 heavy (non-hydrogen) atoms. The fourth-order valence-corrected chi connectivity index (χ4v) is 2.45. The Morgan fingerprint density at radius 3 is 2.59 bits per heavy atom. The summed E-state index contributed by atoms with van der Waals surface area (Å²) < 4.78 is 5.31. The summed E-state index contributed by atoms with van der Waals surface area (Å²) in [5.41, 5.74) is 6.70. The molecular weight excluding hydrogens is 278 g/mol. The summed E-state index contributed by atoms with van der Waals surface area (Å²) >= 11 is 0. The summed E-state index contributed by atoms with van der Waals surface area (Å²) in [4.78, 5) is 14.3. The normalized spacial score (nSPS) is 13.7. The predicted molar refractivity (Wildman–Crippen MR) is 89.9 cm³/mol. The molecule has 5 nitrogen and oxygen atoms in total. The molecule has 0 aromatic heterocycles. The van der Waals surface area contributed by atoms with Gasteiger partial charge in [0.15, 0.2) is 0 Å². The van der Waals surface area contributed by atoms with Gasteiger partial charge in [-0.3, -0.25) is 9.69 Å².